The molecule has 6 nitrogen and oxygen atoms in total. The summed E-state index contributed by atoms with van der Waals surface area (Å²) in [6.07, 6.45) is 0.392. The van der Waals surface area contributed by atoms with E-state index in [1.165, 1.54) is 7.11 Å². The van der Waals surface area contributed by atoms with Crippen LogP contribution in [0.5, 0.6) is 0 Å². The van der Waals surface area contributed by atoms with Crippen LogP contribution in [0.1, 0.15) is 85.8 Å². The molecule has 0 saturated heterocycles. The third kappa shape index (κ3) is 17.8. The zero-order valence-corrected chi connectivity index (χ0v) is 21.5. The zero-order chi connectivity index (χ0) is 24.4. The van der Waals surface area contributed by atoms with E-state index >= 15 is 0 Å². The van der Waals surface area contributed by atoms with Crippen molar-refractivity contribution in [2.24, 2.45) is 0 Å². The molecule has 0 spiro atoms. The van der Waals surface area contributed by atoms with Gasteiger partial charge in [0.25, 0.3) is 10.1 Å². The summed E-state index contributed by atoms with van der Waals surface area (Å²) >= 11 is 0. The summed E-state index contributed by atoms with van der Waals surface area (Å²) in [4.78, 5) is 0. The molecule has 180 valence electrons. The van der Waals surface area contributed by atoms with E-state index in [1.807, 2.05) is 74.4 Å². The van der Waals surface area contributed by atoms with Crippen LogP contribution in [0.3, 0.4) is 0 Å². The van der Waals surface area contributed by atoms with E-state index in [0.29, 0.717) is 6.42 Å². The number of rotatable bonds is 9. The predicted octanol–water partition coefficient (Wildman–Crippen LogP) is 5.19. The van der Waals surface area contributed by atoms with Gasteiger partial charge in [-0.05, 0) is 39.2 Å². The minimum absolute atomic E-state index is 0.0657. The lowest BCUT2D eigenvalue weighted by atomic mass is 10.1. The summed E-state index contributed by atoms with van der Waals surface area (Å²) < 4.78 is 31.7. The highest BCUT2D eigenvalue weighted by Crippen LogP contribution is 2.18. The summed E-state index contributed by atoms with van der Waals surface area (Å²) in [6.45, 7) is 17.7. The maximum Gasteiger partial charge on any atom is 0.271 e. The number of aliphatic hydroxyl groups excluding tert-OH is 2. The van der Waals surface area contributed by atoms with Crippen molar-refractivity contribution in [1.82, 2.24) is 0 Å². The van der Waals surface area contributed by atoms with Gasteiger partial charge in [-0.25, -0.2) is 0 Å². The van der Waals surface area contributed by atoms with Gasteiger partial charge in [0.05, 0.1) is 12.7 Å². The molecule has 0 aromatic heterocycles. The van der Waals surface area contributed by atoms with Crippen molar-refractivity contribution in [3.63, 3.8) is 0 Å². The van der Waals surface area contributed by atoms with Gasteiger partial charge in [0.1, 0.15) is 11.9 Å². The van der Waals surface area contributed by atoms with Crippen LogP contribution in [0.4, 0.5) is 0 Å². The fraction of sp³-hybridized carbons (Fsp3) is 0.739. The van der Waals surface area contributed by atoms with Gasteiger partial charge in [-0.2, -0.15) is 8.42 Å². The van der Waals surface area contributed by atoms with E-state index in [2.05, 4.69) is 4.18 Å². The Morgan fingerprint density at radius 3 is 1.83 bits per heavy atom. The van der Waals surface area contributed by atoms with Crippen LogP contribution in [0.25, 0.3) is 0 Å². The Bertz CT molecular complexity index is 597. The van der Waals surface area contributed by atoms with E-state index in [9.17, 15) is 18.6 Å². The van der Waals surface area contributed by atoms with E-state index in [4.69, 9.17) is 4.74 Å². The molecule has 7 heteroatoms. The van der Waals surface area contributed by atoms with Gasteiger partial charge in [-0.3, -0.25) is 4.18 Å². The van der Waals surface area contributed by atoms with Crippen molar-refractivity contribution in [2.75, 3.05) is 7.11 Å². The first-order valence-corrected chi connectivity index (χ1v) is 12.4. The van der Waals surface area contributed by atoms with Gasteiger partial charge in [0.2, 0.25) is 0 Å². The number of benzene rings is 1. The largest absolute Gasteiger partial charge is 0.388 e. The van der Waals surface area contributed by atoms with Crippen molar-refractivity contribution < 1.29 is 27.6 Å². The Morgan fingerprint density at radius 1 is 1.00 bits per heavy atom. The monoisotopic (exact) mass is 450 g/mol. The third-order valence-electron chi connectivity index (χ3n) is 3.92. The van der Waals surface area contributed by atoms with E-state index in [-0.39, 0.29) is 11.4 Å². The number of hydrogen-bond acceptors (Lipinski definition) is 6. The average molecular weight is 451 g/mol. The van der Waals surface area contributed by atoms with Crippen molar-refractivity contribution in [1.29, 1.82) is 0 Å². The molecule has 0 amide bonds. The lowest BCUT2D eigenvalue weighted by molar-refractivity contribution is -0.217. The average Bonchev–Trinajstić information content (AvgIpc) is 2.73. The molecule has 0 aliphatic carbocycles. The molecule has 0 aliphatic rings. The Labute approximate surface area is 185 Å². The Morgan fingerprint density at radius 2 is 1.47 bits per heavy atom. The minimum Gasteiger partial charge on any atom is -0.388 e. The van der Waals surface area contributed by atoms with Crippen LogP contribution in [-0.4, -0.2) is 43.7 Å². The molecule has 2 atom stereocenters. The smallest absolute Gasteiger partial charge is 0.271 e. The minimum atomic E-state index is -3.39. The van der Waals surface area contributed by atoms with Crippen LogP contribution in [0.15, 0.2) is 24.3 Å². The fourth-order valence-electron chi connectivity index (χ4n) is 1.87. The maximum absolute atomic E-state index is 11.0. The molecule has 1 rings (SSSR count). The second-order valence-corrected chi connectivity index (χ2v) is 8.57. The molecule has 1 aromatic rings. The van der Waals surface area contributed by atoms with Crippen LogP contribution in [0, 0.1) is 6.92 Å². The first kappa shape index (κ1) is 33.6. The summed E-state index contributed by atoms with van der Waals surface area (Å²) in [5.41, 5.74) is 1.49. The molecular weight excluding hydrogens is 404 g/mol. The molecule has 2 N–H and O–H groups in total. The molecule has 0 fully saturated rings. The first-order chi connectivity index (χ1) is 14.0. The second-order valence-electron chi connectivity index (χ2n) is 6.83. The van der Waals surface area contributed by atoms with E-state index in [1.54, 1.807) is 12.1 Å². The van der Waals surface area contributed by atoms with Gasteiger partial charge in [-0.15, -0.1) is 0 Å². The van der Waals surface area contributed by atoms with Crippen molar-refractivity contribution in [3.8, 4) is 0 Å². The second kappa shape index (κ2) is 18.8. The highest BCUT2D eigenvalue weighted by molar-refractivity contribution is 7.85. The molecule has 30 heavy (non-hydrogen) atoms. The van der Waals surface area contributed by atoms with Crippen molar-refractivity contribution in [2.45, 2.75) is 105 Å². The summed E-state index contributed by atoms with van der Waals surface area (Å²) in [5.74, 6) is -0.0657. The van der Waals surface area contributed by atoms with Crippen LogP contribution in [0.2, 0.25) is 0 Å². The zero-order valence-electron chi connectivity index (χ0n) is 20.7. The van der Waals surface area contributed by atoms with E-state index in [0.717, 1.165) is 24.0 Å². The Hall–Kier alpha value is -0.990. The Kier molecular flexibility index (Phi) is 21.0. The highest BCUT2D eigenvalue weighted by atomic mass is 32.2. The molecule has 0 radical (unpaired) electrons. The van der Waals surface area contributed by atoms with Gasteiger partial charge >= 0.3 is 0 Å². The molecule has 0 heterocycles. The summed E-state index contributed by atoms with van der Waals surface area (Å²) in [5, 5.41) is 18.8. The normalized spacial score (nSPS) is 12.8. The Balaban J connectivity index is -0.000000416. The number of aliphatic hydroxyl groups is 2. The SMILES string of the molecule is CC.CC.CCC[C@@H](O)C(O)OC(C)(C)CC.COS(=O)(=O)Cc1ccc(C)cc1. The molecule has 0 bridgehead atoms. The lowest BCUT2D eigenvalue weighted by Gasteiger charge is -2.29. The number of aryl methyl sites for hydroxylation is 1. The summed E-state index contributed by atoms with van der Waals surface area (Å²) in [6, 6.07) is 7.32. The van der Waals surface area contributed by atoms with Crippen LogP contribution < -0.4 is 0 Å². The van der Waals surface area contributed by atoms with Crippen molar-refractivity contribution in [3.05, 3.63) is 35.4 Å². The lowest BCUT2D eigenvalue weighted by Crippen LogP contribution is -2.37. The van der Waals surface area contributed by atoms with Gasteiger partial charge in [0, 0.05) is 0 Å². The molecule has 1 unspecified atom stereocenters. The first-order valence-electron chi connectivity index (χ1n) is 10.8. The quantitative estimate of drug-likeness (QED) is 0.397. The summed E-state index contributed by atoms with van der Waals surface area (Å²) in [7, 11) is -2.22. The fourth-order valence-corrected chi connectivity index (χ4v) is 2.59. The maximum atomic E-state index is 11.0. The van der Waals surface area contributed by atoms with Gasteiger partial charge < -0.3 is 14.9 Å². The third-order valence-corrected chi connectivity index (χ3v) is 5.12. The molecule has 0 aliphatic heterocycles. The van der Waals surface area contributed by atoms with Crippen molar-refractivity contribution >= 4 is 10.1 Å². The molecular formula is C23H46O6S. The number of hydrogen-bond donors (Lipinski definition) is 2. The predicted molar refractivity (Wildman–Crippen MR) is 126 cm³/mol. The molecule has 1 aromatic carbocycles. The standard InChI is InChI=1S/C10H22O3.C9H12O3S.2C2H6/c1-5-7-8(11)9(12)13-10(3,4)6-2;1-8-3-5-9(6-4-8)7-13(10,11)12-2;2*1-2/h8-9,11-12H,5-7H2,1-4H3;3-6H,7H2,1-2H3;2*1-2H3/t8-,9?;;;/m1.../s1. The van der Waals surface area contributed by atoms with Crippen LogP contribution in [-0.2, 0) is 24.8 Å². The topological polar surface area (TPSA) is 93.1 Å². The molecule has 0 saturated carbocycles. The van der Waals surface area contributed by atoms with Crippen LogP contribution >= 0.6 is 0 Å². The van der Waals surface area contributed by atoms with E-state index < -0.39 is 22.5 Å². The highest BCUT2D eigenvalue weighted by Gasteiger charge is 2.24. The van der Waals surface area contributed by atoms with Gasteiger partial charge in [-0.1, -0.05) is 77.8 Å². The number of ether oxygens (including phenoxy) is 1. The van der Waals surface area contributed by atoms with Gasteiger partial charge in [0.15, 0.2) is 6.29 Å².